The average Bonchev–Trinajstić information content (AvgIpc) is 3.22. The molecule has 2 heterocycles. The number of nitrogens with zero attached hydrogens (tertiary/aromatic N) is 1. The average molecular weight is 320 g/mol. The maximum atomic E-state index is 14.6. The van der Waals surface area contributed by atoms with Crippen molar-refractivity contribution in [2.45, 2.75) is 31.3 Å². The molecule has 3 aliphatic rings. The molecule has 1 aromatic carbocycles. The quantitative estimate of drug-likeness (QED) is 0.797. The van der Waals surface area contributed by atoms with Gasteiger partial charge in [-0.25, -0.2) is 4.39 Å². The van der Waals surface area contributed by atoms with Crippen molar-refractivity contribution in [1.29, 1.82) is 0 Å². The number of carboxylic acid groups (broad SMARTS) is 1. The van der Waals surface area contributed by atoms with E-state index in [1.54, 1.807) is 0 Å². The minimum absolute atomic E-state index is 0.0708. The number of rotatable bonds is 2. The summed E-state index contributed by atoms with van der Waals surface area (Å²) < 4.78 is 20.4. The first kappa shape index (κ1) is 14.4. The van der Waals surface area contributed by atoms with Crippen molar-refractivity contribution in [1.82, 2.24) is 0 Å². The molecule has 0 spiro atoms. The van der Waals surface area contributed by atoms with Gasteiger partial charge in [0.25, 0.3) is 0 Å². The van der Waals surface area contributed by atoms with Crippen LogP contribution in [0.1, 0.15) is 35.7 Å². The number of carbonyl (C=O) groups is 2. The molecule has 23 heavy (non-hydrogen) atoms. The maximum Gasteiger partial charge on any atom is 0.316 e. The molecule has 0 radical (unpaired) electrons. The van der Waals surface area contributed by atoms with Gasteiger partial charge in [-0.2, -0.15) is 0 Å². The van der Waals surface area contributed by atoms with E-state index in [1.807, 2.05) is 11.8 Å². The molecular formula is C16H17FN2O4. The van der Waals surface area contributed by atoms with Crippen molar-refractivity contribution in [3.63, 3.8) is 0 Å². The number of aliphatic carboxylic acids is 1. The van der Waals surface area contributed by atoms with Crippen molar-refractivity contribution >= 4 is 17.4 Å². The highest BCUT2D eigenvalue weighted by molar-refractivity contribution is 6.14. The zero-order chi connectivity index (χ0) is 16.5. The van der Waals surface area contributed by atoms with Gasteiger partial charge in [0.2, 0.25) is 0 Å². The predicted octanol–water partition coefficient (Wildman–Crippen LogP) is 1.26. The number of ketones is 1. The van der Waals surface area contributed by atoms with E-state index in [9.17, 15) is 19.1 Å². The van der Waals surface area contributed by atoms with E-state index in [-0.39, 0.29) is 18.2 Å². The Balaban J connectivity index is 1.97. The fourth-order valence-corrected chi connectivity index (χ4v) is 3.52. The first-order chi connectivity index (χ1) is 10.8. The summed E-state index contributed by atoms with van der Waals surface area (Å²) in [6, 6.07) is 1.04. The van der Waals surface area contributed by atoms with Gasteiger partial charge in [0.15, 0.2) is 11.5 Å². The minimum Gasteiger partial charge on any atom is -0.489 e. The van der Waals surface area contributed by atoms with Gasteiger partial charge in [-0.05, 0) is 25.8 Å². The number of carboxylic acids is 1. The molecular weight excluding hydrogens is 303 g/mol. The summed E-state index contributed by atoms with van der Waals surface area (Å²) in [7, 11) is 0. The predicted molar refractivity (Wildman–Crippen MR) is 79.3 cm³/mol. The first-order valence-corrected chi connectivity index (χ1v) is 7.66. The molecule has 0 saturated heterocycles. The largest absolute Gasteiger partial charge is 0.489 e. The molecule has 2 atom stereocenters. The number of nitrogens with two attached hydrogens (primary N) is 1. The zero-order valence-electron chi connectivity index (χ0n) is 12.6. The number of anilines is 1. The Morgan fingerprint density at radius 1 is 1.52 bits per heavy atom. The Morgan fingerprint density at radius 3 is 2.83 bits per heavy atom. The lowest BCUT2D eigenvalue weighted by Crippen LogP contribution is -2.51. The summed E-state index contributed by atoms with van der Waals surface area (Å²) in [6.45, 7) is 2.26. The van der Waals surface area contributed by atoms with Crippen LogP contribution in [0.15, 0.2) is 6.07 Å². The highest BCUT2D eigenvalue weighted by atomic mass is 19.1. The van der Waals surface area contributed by atoms with Gasteiger partial charge in [-0.1, -0.05) is 0 Å². The second-order valence-corrected chi connectivity index (χ2v) is 6.68. The van der Waals surface area contributed by atoms with E-state index in [4.69, 9.17) is 10.5 Å². The monoisotopic (exact) mass is 320 g/mol. The highest BCUT2D eigenvalue weighted by Crippen LogP contribution is 2.53. The molecule has 0 amide bonds. The van der Waals surface area contributed by atoms with Gasteiger partial charge in [0, 0.05) is 17.6 Å². The molecule has 7 heteroatoms. The van der Waals surface area contributed by atoms with E-state index in [0.29, 0.717) is 36.4 Å². The summed E-state index contributed by atoms with van der Waals surface area (Å²) >= 11 is 0. The Bertz CT molecular complexity index is 744. The molecule has 0 unspecified atom stereocenters. The Morgan fingerprint density at radius 2 is 2.22 bits per heavy atom. The number of hydrogen-bond donors (Lipinski definition) is 2. The van der Waals surface area contributed by atoms with E-state index in [0.717, 1.165) is 6.07 Å². The molecule has 1 fully saturated rings. The number of halogens is 1. The Labute approximate surface area is 132 Å². The summed E-state index contributed by atoms with van der Waals surface area (Å²) in [5.74, 6) is -3.23. The van der Waals surface area contributed by atoms with Gasteiger partial charge in [0.1, 0.15) is 18.3 Å². The molecule has 1 saturated carbocycles. The van der Waals surface area contributed by atoms with Crippen LogP contribution in [0.25, 0.3) is 0 Å². The highest BCUT2D eigenvalue weighted by Gasteiger charge is 2.49. The Hall–Kier alpha value is -2.15. The van der Waals surface area contributed by atoms with Crippen LogP contribution < -0.4 is 15.4 Å². The molecule has 3 N–H and O–H groups in total. The van der Waals surface area contributed by atoms with Gasteiger partial charge in [-0.15, -0.1) is 0 Å². The van der Waals surface area contributed by atoms with Crippen LogP contribution in [0.5, 0.6) is 5.75 Å². The molecule has 4 rings (SSSR count). The number of benzene rings is 1. The number of carbonyl (C=O) groups excluding carboxylic acids is 1. The third-order valence-electron chi connectivity index (χ3n) is 5.04. The zero-order valence-corrected chi connectivity index (χ0v) is 12.6. The normalized spacial score (nSPS) is 27.3. The van der Waals surface area contributed by atoms with Crippen LogP contribution in [0.4, 0.5) is 10.1 Å². The smallest absolute Gasteiger partial charge is 0.316 e. The van der Waals surface area contributed by atoms with Crippen molar-refractivity contribution in [2.24, 2.45) is 11.7 Å². The van der Waals surface area contributed by atoms with Crippen LogP contribution in [0, 0.1) is 11.7 Å². The first-order valence-electron chi connectivity index (χ1n) is 7.66. The minimum atomic E-state index is -1.19. The third-order valence-corrected chi connectivity index (χ3v) is 5.04. The van der Waals surface area contributed by atoms with Crippen molar-refractivity contribution < 1.29 is 23.8 Å². The second kappa shape index (κ2) is 4.44. The molecule has 0 bridgehead atoms. The lowest BCUT2D eigenvalue weighted by Gasteiger charge is -2.43. The summed E-state index contributed by atoms with van der Waals surface area (Å²) in [5.41, 5.74) is 6.33. The van der Waals surface area contributed by atoms with Crippen LogP contribution in [-0.2, 0) is 10.3 Å². The van der Waals surface area contributed by atoms with Crippen LogP contribution in [0.3, 0.4) is 0 Å². The van der Waals surface area contributed by atoms with Crippen LogP contribution >= 0.6 is 0 Å². The van der Waals surface area contributed by atoms with E-state index in [1.165, 1.54) is 0 Å². The van der Waals surface area contributed by atoms with E-state index in [2.05, 4.69) is 0 Å². The lowest BCUT2D eigenvalue weighted by atomic mass is 9.86. The molecule has 1 aliphatic carbocycles. The lowest BCUT2D eigenvalue weighted by molar-refractivity contribution is -0.139. The maximum absolute atomic E-state index is 14.6. The van der Waals surface area contributed by atoms with Crippen molar-refractivity contribution in [3.05, 3.63) is 23.0 Å². The van der Waals surface area contributed by atoms with E-state index >= 15 is 0 Å². The van der Waals surface area contributed by atoms with Crippen molar-refractivity contribution in [2.75, 3.05) is 18.1 Å². The van der Waals surface area contributed by atoms with Gasteiger partial charge >= 0.3 is 5.97 Å². The van der Waals surface area contributed by atoms with Gasteiger partial charge in [-0.3, -0.25) is 9.59 Å². The van der Waals surface area contributed by atoms with Gasteiger partial charge < -0.3 is 20.5 Å². The molecule has 6 nitrogen and oxygen atoms in total. The topological polar surface area (TPSA) is 92.9 Å². The molecule has 122 valence electrons. The summed E-state index contributed by atoms with van der Waals surface area (Å²) in [5, 5.41) is 9.29. The number of ether oxygens (including phenoxy) is 1. The summed E-state index contributed by atoms with van der Waals surface area (Å²) in [4.78, 5) is 25.7. The summed E-state index contributed by atoms with van der Waals surface area (Å²) in [6.07, 6.45) is 1.33. The standard InChI is InChI=1S/C16H17FN2O4/c1-7-6-23-14-11(16(18)2-3-16)10(17)4-8-12(14)19(7)5-9(13(8)20)15(21)22/h4,7,9H,2-3,5-6,18H2,1H3,(H,21,22)/t7-,9-/m0/s1. The molecule has 1 aromatic rings. The number of Topliss-reactive ketones (excluding diaryl/α,β-unsaturated/α-hetero) is 1. The van der Waals surface area contributed by atoms with E-state index < -0.39 is 29.0 Å². The molecule has 2 aliphatic heterocycles. The van der Waals surface area contributed by atoms with Gasteiger partial charge in [0.05, 0.1) is 17.3 Å². The second-order valence-electron chi connectivity index (χ2n) is 6.68. The third kappa shape index (κ3) is 1.89. The fraction of sp³-hybridized carbons (Fsp3) is 0.500. The van der Waals surface area contributed by atoms with Crippen LogP contribution in [-0.4, -0.2) is 36.1 Å². The van der Waals surface area contributed by atoms with Crippen LogP contribution in [0.2, 0.25) is 0 Å². The SMILES string of the molecule is C[C@H]1COc2c3c(cc(F)c2C2(N)CC2)C(=O)[C@@H](C(=O)O)CN31. The Kier molecular flexibility index (Phi) is 2.79. The molecule has 0 aromatic heterocycles. The number of hydrogen-bond acceptors (Lipinski definition) is 5. The fourth-order valence-electron chi connectivity index (χ4n) is 3.52. The van der Waals surface area contributed by atoms with Crippen molar-refractivity contribution in [3.8, 4) is 5.75 Å².